The van der Waals surface area contributed by atoms with Crippen molar-refractivity contribution in [1.29, 1.82) is 0 Å². The largest absolute Gasteiger partial charge is 0.494 e. The van der Waals surface area contributed by atoms with Gasteiger partial charge in [-0.2, -0.15) is 0 Å². The zero-order valence-electron chi connectivity index (χ0n) is 26.8. The summed E-state index contributed by atoms with van der Waals surface area (Å²) in [4.78, 5) is 11.5. The first-order chi connectivity index (χ1) is 18.3. The van der Waals surface area contributed by atoms with Crippen LogP contribution in [0.1, 0.15) is 12.5 Å². The summed E-state index contributed by atoms with van der Waals surface area (Å²) in [6.07, 6.45) is 8.22. The van der Waals surface area contributed by atoms with Crippen LogP contribution in [0.3, 0.4) is 0 Å². The molecule has 4 nitrogen and oxygen atoms in total. The molecule has 24 heteroatoms. The lowest BCUT2D eigenvalue weighted by Gasteiger charge is -2.24. The van der Waals surface area contributed by atoms with Crippen LogP contribution in [0.2, 0.25) is 24.3 Å². The van der Waals surface area contributed by atoms with Gasteiger partial charge < -0.3 is 14.2 Å². The molecule has 2 unspecified atom stereocenters. The molecule has 1 aromatic rings. The lowest BCUT2D eigenvalue weighted by molar-refractivity contribution is -0.142. The molecule has 0 aromatic heterocycles. The minimum Gasteiger partial charge on any atom is -0.494 e. The maximum atomic E-state index is 11.5. The van der Waals surface area contributed by atoms with Crippen LogP contribution in [0.5, 0.6) is 11.5 Å². The number of esters is 1. The average molecular weight is 499 g/mol. The normalized spacial score (nSPS) is 16.9. The fourth-order valence-electron chi connectivity index (χ4n) is 7.21. The fourth-order valence-corrected chi connectivity index (χ4v) is 7.21. The van der Waals surface area contributed by atoms with E-state index in [1.807, 2.05) is 18.2 Å². The van der Waals surface area contributed by atoms with E-state index in [1.165, 1.54) is 19.6 Å². The summed E-state index contributed by atoms with van der Waals surface area (Å²) < 4.78 is 18.0. The van der Waals surface area contributed by atoms with Gasteiger partial charge in [0.15, 0.2) is 0 Å². The monoisotopic (exact) mass is 502 g/mol. The van der Waals surface area contributed by atoms with Crippen LogP contribution in [0.4, 0.5) is 0 Å². The number of benzene rings is 1. The van der Waals surface area contributed by atoms with Crippen molar-refractivity contribution in [2.75, 3.05) is 13.2 Å². The van der Waals surface area contributed by atoms with Crippen LogP contribution in [-0.4, -0.2) is 161 Å². The fraction of sp³-hybridized carbons (Fsp3) is 0.533. The van der Waals surface area contributed by atoms with Crippen LogP contribution in [-0.2, 0) is 16.1 Å². The smallest absolute Gasteiger partial charge is 0.302 e. The van der Waals surface area contributed by atoms with Gasteiger partial charge in [0.25, 0.3) is 0 Å². The molecule has 0 radical (unpaired) electrons. The molecule has 0 N–H and O–H groups in total. The van der Waals surface area contributed by atoms with Crippen molar-refractivity contribution in [2.45, 2.75) is 37.8 Å². The van der Waals surface area contributed by atoms with Gasteiger partial charge in [-0.15, -0.1) is 0 Å². The molecule has 2 heterocycles. The van der Waals surface area contributed by atoms with Crippen molar-refractivity contribution in [2.24, 2.45) is 0 Å². The first kappa shape index (κ1) is 33.1. The third-order valence-corrected chi connectivity index (χ3v) is 10.1. The Kier molecular flexibility index (Phi) is 12.4. The molecule has 0 aliphatic carbocycles. The van der Waals surface area contributed by atoms with Gasteiger partial charge >= 0.3 is 5.97 Å². The van der Waals surface area contributed by atoms with E-state index in [-0.39, 0.29) is 12.6 Å². The van der Waals surface area contributed by atoms with Gasteiger partial charge in [-0.05, 0) is 29.3 Å². The zero-order valence-corrected chi connectivity index (χ0v) is 26.8. The highest BCUT2D eigenvalue weighted by Gasteiger charge is 2.51. The van der Waals surface area contributed by atoms with Crippen molar-refractivity contribution in [3.8, 4) is 11.5 Å². The molecule has 0 amide bonds. The van der Waals surface area contributed by atoms with Crippen LogP contribution in [0, 0.1) is 0 Å². The number of rotatable bonds is 16. The number of ether oxygens (including phenoxy) is 3. The molecular formula is C15H38B20O4. The van der Waals surface area contributed by atoms with Gasteiger partial charge in [0.2, 0.25) is 0 Å². The molecule has 0 bridgehead atoms. The van der Waals surface area contributed by atoms with E-state index < -0.39 is 0 Å². The minimum absolute atomic E-state index is 0.240. The second-order valence-electron chi connectivity index (χ2n) is 14.4. The van der Waals surface area contributed by atoms with Crippen molar-refractivity contribution in [3.05, 3.63) is 23.8 Å². The second kappa shape index (κ2) is 14.7. The minimum atomic E-state index is -0.275. The molecule has 182 valence electrons. The topological polar surface area (TPSA) is 44.8 Å². The summed E-state index contributed by atoms with van der Waals surface area (Å²) in [6, 6.07) is 6.03. The zero-order chi connectivity index (χ0) is 29.0. The quantitative estimate of drug-likeness (QED) is 0.168. The van der Waals surface area contributed by atoms with E-state index in [4.69, 9.17) is 14.2 Å². The third-order valence-electron chi connectivity index (χ3n) is 10.1. The summed E-state index contributed by atoms with van der Waals surface area (Å²) in [7, 11) is 23.7. The molecule has 2 saturated heterocycles. The molecular weight excluding hydrogens is 460 g/mol. The summed E-state index contributed by atoms with van der Waals surface area (Å²) in [6.45, 7) is 4.66. The molecule has 0 spiro atoms. The van der Waals surface area contributed by atoms with E-state index in [1.54, 1.807) is 0 Å². The van der Waals surface area contributed by atoms with Gasteiger partial charge in [0.1, 0.15) is 18.1 Å². The van der Waals surface area contributed by atoms with E-state index in [0.29, 0.717) is 37.2 Å². The molecule has 2 atom stereocenters. The first-order valence-electron chi connectivity index (χ1n) is 15.8. The molecule has 2 aliphatic heterocycles. The standard InChI is InChI=1S/C15H38B20O4/c1-10(36)37-7-11-2-14(38-8-12-5-26(12)34(30(20)21)32(24)28(16)17)4-15(3-11)39-9-13-6-27(13)35(31(22)23)33(25)29(18)19/h2-4,12-13H,5-9,16-25H2,1H3. The van der Waals surface area contributed by atoms with Crippen LogP contribution < -0.4 is 9.47 Å². The Morgan fingerprint density at radius 3 is 1.49 bits per heavy atom. The van der Waals surface area contributed by atoms with Crippen LogP contribution in [0.15, 0.2) is 18.2 Å². The Balaban J connectivity index is 1.62. The van der Waals surface area contributed by atoms with Gasteiger partial charge in [-0.3, -0.25) is 4.79 Å². The molecule has 3 rings (SSSR count). The predicted molar refractivity (Wildman–Crippen MR) is 213 cm³/mol. The molecule has 0 saturated carbocycles. The van der Waals surface area contributed by atoms with Crippen molar-refractivity contribution in [3.63, 3.8) is 0 Å². The highest BCUT2D eigenvalue weighted by Crippen LogP contribution is 2.41. The van der Waals surface area contributed by atoms with Gasteiger partial charge in [0, 0.05) is 64.1 Å². The lowest BCUT2D eigenvalue weighted by Crippen LogP contribution is -2.63. The highest BCUT2D eigenvalue weighted by molar-refractivity contribution is 8.01. The molecule has 39 heavy (non-hydrogen) atoms. The summed E-state index contributed by atoms with van der Waals surface area (Å²) in [5.41, 5.74) is 0.916. The summed E-state index contributed by atoms with van der Waals surface area (Å²) in [5, 5.41) is 0. The molecule has 1 aromatic carbocycles. The maximum Gasteiger partial charge on any atom is 0.302 e. The number of carbonyl (C=O) groups excluding carboxylic acids is 1. The van der Waals surface area contributed by atoms with Crippen molar-refractivity contribution in [1.82, 2.24) is 0 Å². The highest BCUT2D eigenvalue weighted by atomic mass is 16.5. The maximum absolute atomic E-state index is 11.5. The summed E-state index contributed by atoms with van der Waals surface area (Å²) in [5.74, 6) is 2.59. The number of hydrogen-bond acceptors (Lipinski definition) is 4. The Morgan fingerprint density at radius 1 is 0.744 bits per heavy atom. The third kappa shape index (κ3) is 9.55. The SMILES string of the molecule is BB(B)B(B)B(B(B)B)B1CC1COc1cc(COC(C)=O)cc(OCC2CB2B(B(B)B)B(B)B(B)B)c1. The summed E-state index contributed by atoms with van der Waals surface area (Å²) >= 11 is 0. The Hall–Kier alpha value is -0.411. The Labute approximate surface area is 252 Å². The van der Waals surface area contributed by atoms with E-state index in [9.17, 15) is 4.79 Å². The van der Waals surface area contributed by atoms with Gasteiger partial charge in [-0.25, -0.2) is 0 Å². The Bertz CT molecular complexity index is 891. The lowest BCUT2D eigenvalue weighted by atomic mass is 8.57. The van der Waals surface area contributed by atoms with Crippen molar-refractivity contribution < 1.29 is 19.0 Å². The predicted octanol–water partition coefficient (Wildman–Crippen LogP) is -9.85. The molecule has 2 fully saturated rings. The Morgan fingerprint density at radius 2 is 1.15 bits per heavy atom. The number of hydrogen-bond donors (Lipinski definition) is 0. The van der Waals surface area contributed by atoms with Crippen molar-refractivity contribution >= 4 is 148 Å². The van der Waals surface area contributed by atoms with Gasteiger partial charge in [0.05, 0.1) is 104 Å². The van der Waals surface area contributed by atoms with Crippen LogP contribution >= 0.6 is 0 Å². The molecule has 2 aliphatic rings. The number of carbonyl (C=O) groups is 1. The first-order valence-corrected chi connectivity index (χ1v) is 15.8. The van der Waals surface area contributed by atoms with E-state index in [0.717, 1.165) is 69.0 Å². The van der Waals surface area contributed by atoms with Crippen LogP contribution in [0.25, 0.3) is 0 Å². The average Bonchev–Trinajstić information content (AvgIpc) is 3.77. The van der Waals surface area contributed by atoms with E-state index >= 15 is 0 Å². The second-order valence-corrected chi connectivity index (χ2v) is 14.4. The van der Waals surface area contributed by atoms with Gasteiger partial charge in [-0.1, -0.05) is 12.6 Å². The van der Waals surface area contributed by atoms with E-state index in [2.05, 4.69) is 77.4 Å².